The van der Waals surface area contributed by atoms with Crippen molar-refractivity contribution < 1.29 is 15.0 Å². The SMILES string of the molecule is CCC(C(=O)O)N(C)C(C)CO. The van der Waals surface area contributed by atoms with Crippen LogP contribution in [0.25, 0.3) is 0 Å². The number of aliphatic hydroxyl groups excluding tert-OH is 1. The summed E-state index contributed by atoms with van der Waals surface area (Å²) in [6.45, 7) is 3.60. The van der Waals surface area contributed by atoms with Crippen molar-refractivity contribution in [3.63, 3.8) is 0 Å². The minimum atomic E-state index is -0.833. The molecule has 0 aromatic heterocycles. The minimum Gasteiger partial charge on any atom is -0.480 e. The Kier molecular flexibility index (Phi) is 4.85. The Labute approximate surface area is 72.8 Å². The Bertz CT molecular complexity index is 149. The van der Waals surface area contributed by atoms with Crippen LogP contribution in [0.2, 0.25) is 0 Å². The number of carboxylic acid groups (broad SMARTS) is 1. The van der Waals surface area contributed by atoms with Crippen LogP contribution in [0.5, 0.6) is 0 Å². The van der Waals surface area contributed by atoms with Crippen LogP contribution in [0.4, 0.5) is 0 Å². The van der Waals surface area contributed by atoms with Crippen LogP contribution in [0, 0.1) is 0 Å². The zero-order valence-electron chi connectivity index (χ0n) is 7.82. The van der Waals surface area contributed by atoms with Crippen LogP contribution < -0.4 is 0 Å². The largest absolute Gasteiger partial charge is 0.480 e. The molecule has 0 bridgehead atoms. The summed E-state index contributed by atoms with van der Waals surface area (Å²) in [5.74, 6) is -0.833. The maximum atomic E-state index is 10.7. The van der Waals surface area contributed by atoms with Crippen molar-refractivity contribution in [3.8, 4) is 0 Å². The molecule has 0 saturated heterocycles. The second-order valence-corrected chi connectivity index (χ2v) is 2.96. The number of aliphatic carboxylic acids is 1. The number of hydrogen-bond acceptors (Lipinski definition) is 3. The normalized spacial score (nSPS) is 16.1. The highest BCUT2D eigenvalue weighted by Gasteiger charge is 2.23. The van der Waals surface area contributed by atoms with Crippen LogP contribution in [-0.2, 0) is 4.79 Å². The first-order valence-corrected chi connectivity index (χ1v) is 4.10. The summed E-state index contributed by atoms with van der Waals surface area (Å²) in [5, 5.41) is 17.6. The molecule has 0 heterocycles. The molecule has 0 radical (unpaired) electrons. The lowest BCUT2D eigenvalue weighted by molar-refractivity contribution is -0.143. The predicted octanol–water partition coefficient (Wildman–Crippen LogP) is 0.162. The van der Waals surface area contributed by atoms with E-state index in [1.54, 1.807) is 18.9 Å². The molecule has 0 aliphatic heterocycles. The van der Waals surface area contributed by atoms with Crippen molar-refractivity contribution in [2.45, 2.75) is 32.4 Å². The van der Waals surface area contributed by atoms with Crippen molar-refractivity contribution in [2.24, 2.45) is 0 Å². The number of carboxylic acids is 1. The van der Waals surface area contributed by atoms with Crippen LogP contribution in [-0.4, -0.2) is 46.8 Å². The number of hydrogen-bond donors (Lipinski definition) is 2. The molecule has 0 aromatic carbocycles. The Morgan fingerprint density at radius 1 is 1.58 bits per heavy atom. The van der Waals surface area contributed by atoms with E-state index in [1.165, 1.54) is 0 Å². The van der Waals surface area contributed by atoms with Gasteiger partial charge < -0.3 is 10.2 Å². The number of nitrogens with zero attached hydrogens (tertiary/aromatic N) is 1. The summed E-state index contributed by atoms with van der Waals surface area (Å²) in [7, 11) is 1.71. The van der Waals surface area contributed by atoms with Gasteiger partial charge in [-0.3, -0.25) is 9.69 Å². The Morgan fingerprint density at radius 3 is 2.33 bits per heavy atom. The number of carbonyl (C=O) groups is 1. The van der Waals surface area contributed by atoms with Crippen LogP contribution >= 0.6 is 0 Å². The Balaban J connectivity index is 4.20. The van der Waals surface area contributed by atoms with Gasteiger partial charge in [-0.15, -0.1) is 0 Å². The van der Waals surface area contributed by atoms with Gasteiger partial charge in [0.2, 0.25) is 0 Å². The first kappa shape index (κ1) is 11.4. The average molecular weight is 175 g/mol. The second-order valence-electron chi connectivity index (χ2n) is 2.96. The van der Waals surface area contributed by atoms with E-state index in [0.717, 1.165) is 0 Å². The van der Waals surface area contributed by atoms with Gasteiger partial charge in [-0.05, 0) is 20.4 Å². The van der Waals surface area contributed by atoms with E-state index in [4.69, 9.17) is 10.2 Å². The summed E-state index contributed by atoms with van der Waals surface area (Å²) >= 11 is 0. The van der Waals surface area contributed by atoms with Gasteiger partial charge in [-0.2, -0.15) is 0 Å². The van der Waals surface area contributed by atoms with Crippen molar-refractivity contribution in [3.05, 3.63) is 0 Å². The third kappa shape index (κ3) is 2.79. The lowest BCUT2D eigenvalue weighted by Gasteiger charge is -2.28. The standard InChI is InChI=1S/C8H17NO3/c1-4-7(8(11)12)9(3)6(2)5-10/h6-7,10H,4-5H2,1-3H3,(H,11,12). The molecular formula is C8H17NO3. The number of likely N-dealkylation sites (N-methyl/N-ethyl adjacent to an activating group) is 1. The summed E-state index contributed by atoms with van der Waals surface area (Å²) in [6.07, 6.45) is 0.552. The molecule has 0 fully saturated rings. The van der Waals surface area contributed by atoms with Crippen LogP contribution in [0.1, 0.15) is 20.3 Å². The third-order valence-corrected chi connectivity index (χ3v) is 2.12. The highest BCUT2D eigenvalue weighted by molar-refractivity contribution is 5.73. The molecule has 72 valence electrons. The van der Waals surface area contributed by atoms with E-state index < -0.39 is 12.0 Å². The van der Waals surface area contributed by atoms with Gasteiger partial charge in [0.25, 0.3) is 0 Å². The smallest absolute Gasteiger partial charge is 0.320 e. The van der Waals surface area contributed by atoms with E-state index in [9.17, 15) is 4.79 Å². The highest BCUT2D eigenvalue weighted by Crippen LogP contribution is 2.05. The van der Waals surface area contributed by atoms with Crippen molar-refractivity contribution in [1.82, 2.24) is 4.90 Å². The van der Waals surface area contributed by atoms with Gasteiger partial charge in [0.05, 0.1) is 6.61 Å². The van der Waals surface area contributed by atoms with E-state index in [0.29, 0.717) is 6.42 Å². The maximum Gasteiger partial charge on any atom is 0.320 e. The fraction of sp³-hybridized carbons (Fsp3) is 0.875. The minimum absolute atomic E-state index is 0.0136. The molecule has 0 aliphatic carbocycles. The monoisotopic (exact) mass is 175 g/mol. The van der Waals surface area contributed by atoms with E-state index in [2.05, 4.69) is 0 Å². The molecule has 0 amide bonds. The number of aliphatic hydroxyl groups is 1. The predicted molar refractivity (Wildman–Crippen MR) is 46.0 cm³/mol. The van der Waals surface area contributed by atoms with Gasteiger partial charge in [-0.1, -0.05) is 6.92 Å². The van der Waals surface area contributed by atoms with E-state index >= 15 is 0 Å². The quantitative estimate of drug-likeness (QED) is 0.625. The molecule has 2 atom stereocenters. The third-order valence-electron chi connectivity index (χ3n) is 2.12. The molecule has 0 saturated carbocycles. The molecule has 0 rings (SSSR count). The molecule has 4 heteroatoms. The van der Waals surface area contributed by atoms with Gasteiger partial charge >= 0.3 is 5.97 Å². The molecule has 0 aliphatic rings. The lowest BCUT2D eigenvalue weighted by Crippen LogP contribution is -2.44. The first-order chi connectivity index (χ1) is 5.54. The zero-order chi connectivity index (χ0) is 9.72. The summed E-state index contributed by atoms with van der Waals surface area (Å²) < 4.78 is 0. The van der Waals surface area contributed by atoms with Crippen LogP contribution in [0.3, 0.4) is 0 Å². The molecular weight excluding hydrogens is 158 g/mol. The van der Waals surface area contributed by atoms with Crippen molar-refractivity contribution >= 4 is 5.97 Å². The maximum absolute atomic E-state index is 10.7. The molecule has 2 unspecified atom stereocenters. The van der Waals surface area contributed by atoms with E-state index in [1.807, 2.05) is 6.92 Å². The first-order valence-electron chi connectivity index (χ1n) is 4.10. The van der Waals surface area contributed by atoms with Gasteiger partial charge in [-0.25, -0.2) is 0 Å². The average Bonchev–Trinajstić information content (AvgIpc) is 2.03. The van der Waals surface area contributed by atoms with E-state index in [-0.39, 0.29) is 12.6 Å². The summed E-state index contributed by atoms with van der Waals surface area (Å²) in [5.41, 5.74) is 0. The summed E-state index contributed by atoms with van der Waals surface area (Å²) in [6, 6.07) is -0.599. The Hall–Kier alpha value is -0.610. The summed E-state index contributed by atoms with van der Waals surface area (Å²) in [4.78, 5) is 12.3. The lowest BCUT2D eigenvalue weighted by atomic mass is 10.1. The molecule has 0 spiro atoms. The second kappa shape index (κ2) is 5.11. The zero-order valence-corrected chi connectivity index (χ0v) is 7.82. The topological polar surface area (TPSA) is 60.8 Å². The van der Waals surface area contributed by atoms with Crippen molar-refractivity contribution in [1.29, 1.82) is 0 Å². The molecule has 4 nitrogen and oxygen atoms in total. The molecule has 0 aromatic rings. The van der Waals surface area contributed by atoms with Gasteiger partial charge in [0, 0.05) is 6.04 Å². The fourth-order valence-corrected chi connectivity index (χ4v) is 1.07. The van der Waals surface area contributed by atoms with Crippen LogP contribution in [0.15, 0.2) is 0 Å². The Morgan fingerprint density at radius 2 is 2.08 bits per heavy atom. The fourth-order valence-electron chi connectivity index (χ4n) is 1.07. The molecule has 2 N–H and O–H groups in total. The molecule has 12 heavy (non-hydrogen) atoms. The van der Waals surface area contributed by atoms with Crippen molar-refractivity contribution in [2.75, 3.05) is 13.7 Å². The highest BCUT2D eigenvalue weighted by atomic mass is 16.4. The number of rotatable bonds is 5. The van der Waals surface area contributed by atoms with Gasteiger partial charge in [0.15, 0.2) is 0 Å². The van der Waals surface area contributed by atoms with Gasteiger partial charge in [0.1, 0.15) is 6.04 Å².